The van der Waals surface area contributed by atoms with Crippen LogP contribution in [0.5, 0.6) is 5.75 Å². The Morgan fingerprint density at radius 1 is 1.32 bits per heavy atom. The second kappa shape index (κ2) is 8.89. The predicted molar refractivity (Wildman–Crippen MR) is 85.5 cm³/mol. The first-order chi connectivity index (χ1) is 11.6. The summed E-state index contributed by atoms with van der Waals surface area (Å²) in [5.41, 5.74) is -4.51. The van der Waals surface area contributed by atoms with Crippen LogP contribution in [0.1, 0.15) is 30.9 Å². The maximum atomic E-state index is 12.4. The van der Waals surface area contributed by atoms with Gasteiger partial charge in [0.25, 0.3) is 0 Å². The summed E-state index contributed by atoms with van der Waals surface area (Å²) in [5.74, 6) is -0.726. The van der Waals surface area contributed by atoms with Gasteiger partial charge in [0, 0.05) is 6.42 Å². The van der Waals surface area contributed by atoms with E-state index in [1.807, 2.05) is 0 Å². The third-order valence-electron chi connectivity index (χ3n) is 3.12. The molecule has 0 fully saturated rings. The molecule has 0 aliphatic heterocycles. The van der Waals surface area contributed by atoms with Crippen LogP contribution in [0.2, 0.25) is 0 Å². The molecule has 0 aromatic heterocycles. The van der Waals surface area contributed by atoms with E-state index in [-0.39, 0.29) is 24.4 Å². The third kappa shape index (κ3) is 6.41. The third-order valence-corrected chi connectivity index (χ3v) is 4.09. The topological polar surface area (TPSA) is 69.7 Å². The van der Waals surface area contributed by atoms with Crippen LogP contribution >= 0.6 is 0 Å². The maximum Gasteiger partial charge on any atom is 0.534 e. The number of carbonyl (C=O) groups is 1. The highest BCUT2D eigenvalue weighted by Gasteiger charge is 2.48. The normalized spacial score (nSPS) is 11.8. The zero-order valence-corrected chi connectivity index (χ0v) is 14.5. The van der Waals surface area contributed by atoms with E-state index in [1.165, 1.54) is 24.3 Å². The van der Waals surface area contributed by atoms with E-state index in [1.54, 1.807) is 6.92 Å². The minimum absolute atomic E-state index is 0.133. The summed E-state index contributed by atoms with van der Waals surface area (Å²) in [4.78, 5) is 11.3. The summed E-state index contributed by atoms with van der Waals surface area (Å²) in [5, 5.41) is 0. The van der Waals surface area contributed by atoms with E-state index < -0.39 is 21.4 Å². The fraction of sp³-hybridized carbons (Fsp3) is 0.438. The van der Waals surface area contributed by atoms with Gasteiger partial charge in [-0.05, 0) is 43.4 Å². The molecule has 0 unspecified atom stereocenters. The Morgan fingerprint density at radius 3 is 2.56 bits per heavy atom. The lowest BCUT2D eigenvalue weighted by Crippen LogP contribution is -2.28. The number of benzene rings is 1. The van der Waals surface area contributed by atoms with Gasteiger partial charge >= 0.3 is 21.6 Å². The molecule has 9 heteroatoms. The number of rotatable bonds is 9. The van der Waals surface area contributed by atoms with Crippen LogP contribution in [0.3, 0.4) is 0 Å². The molecule has 0 amide bonds. The Balaban J connectivity index is 2.89. The maximum absolute atomic E-state index is 12.4. The zero-order valence-electron chi connectivity index (χ0n) is 13.6. The summed E-state index contributed by atoms with van der Waals surface area (Å²) >= 11 is 0. The predicted octanol–water partition coefficient (Wildman–Crippen LogP) is 3.53. The van der Waals surface area contributed by atoms with Gasteiger partial charge in [-0.1, -0.05) is 18.2 Å². The number of aryl methyl sites for hydroxylation is 1. The monoisotopic (exact) mass is 380 g/mol. The molecule has 0 heterocycles. The summed E-state index contributed by atoms with van der Waals surface area (Å²) in [6.45, 7) is 5.48. The molecule has 0 bridgehead atoms. The number of allylic oxidation sites excluding steroid dienone is 1. The minimum atomic E-state index is -5.73. The number of alkyl halides is 3. The molecule has 0 atom stereocenters. The van der Waals surface area contributed by atoms with Crippen molar-refractivity contribution in [2.24, 2.45) is 0 Å². The minimum Gasteiger partial charge on any atom is -0.466 e. The lowest BCUT2D eigenvalue weighted by molar-refractivity contribution is -0.143. The van der Waals surface area contributed by atoms with Crippen molar-refractivity contribution in [3.05, 3.63) is 42.0 Å². The molecule has 0 spiro atoms. The molecule has 0 N–H and O–H groups in total. The van der Waals surface area contributed by atoms with Crippen LogP contribution < -0.4 is 4.18 Å². The van der Waals surface area contributed by atoms with Crippen molar-refractivity contribution in [2.75, 3.05) is 6.61 Å². The number of carbonyl (C=O) groups excluding carboxylic acids is 1. The summed E-state index contributed by atoms with van der Waals surface area (Å²) in [6, 6.07) is 4.16. The zero-order chi connectivity index (χ0) is 19.1. The molecular formula is C16H19F3O5S. The van der Waals surface area contributed by atoms with E-state index in [4.69, 9.17) is 4.74 Å². The molecule has 1 aromatic carbocycles. The molecular weight excluding hydrogens is 361 g/mol. The van der Waals surface area contributed by atoms with E-state index >= 15 is 0 Å². The first-order valence-corrected chi connectivity index (χ1v) is 8.90. The van der Waals surface area contributed by atoms with Crippen LogP contribution in [0.15, 0.2) is 30.9 Å². The Labute approximate surface area is 144 Å². The highest BCUT2D eigenvalue weighted by atomic mass is 32.2. The largest absolute Gasteiger partial charge is 0.534 e. The summed E-state index contributed by atoms with van der Waals surface area (Å²) < 4.78 is 68.6. The molecule has 1 rings (SSSR count). The van der Waals surface area contributed by atoms with Gasteiger partial charge in [0.05, 0.1) is 6.61 Å². The lowest BCUT2D eigenvalue weighted by Gasteiger charge is -2.13. The van der Waals surface area contributed by atoms with Crippen LogP contribution in [-0.2, 0) is 32.5 Å². The van der Waals surface area contributed by atoms with E-state index in [2.05, 4.69) is 10.8 Å². The number of ether oxygens (including phenoxy) is 1. The molecule has 1 aromatic rings. The smallest absolute Gasteiger partial charge is 0.466 e. The highest BCUT2D eigenvalue weighted by molar-refractivity contribution is 7.88. The molecule has 0 radical (unpaired) electrons. The average Bonchev–Trinajstić information content (AvgIpc) is 2.49. The van der Waals surface area contributed by atoms with Crippen molar-refractivity contribution in [3.8, 4) is 5.75 Å². The quantitative estimate of drug-likeness (QED) is 0.284. The van der Waals surface area contributed by atoms with Gasteiger partial charge in [0.1, 0.15) is 5.75 Å². The number of hydrogen-bond acceptors (Lipinski definition) is 5. The Morgan fingerprint density at radius 2 is 2.00 bits per heavy atom. The number of hydrogen-bond donors (Lipinski definition) is 0. The Kier molecular flexibility index (Phi) is 7.47. The highest BCUT2D eigenvalue weighted by Crippen LogP contribution is 2.30. The second-order valence-electron chi connectivity index (χ2n) is 5.08. The molecule has 25 heavy (non-hydrogen) atoms. The fourth-order valence-electron chi connectivity index (χ4n) is 2.02. The van der Waals surface area contributed by atoms with Crippen molar-refractivity contribution in [1.82, 2.24) is 0 Å². The Hall–Kier alpha value is -2.03. The molecule has 140 valence electrons. The molecule has 0 aliphatic rings. The van der Waals surface area contributed by atoms with Gasteiger partial charge in [0.2, 0.25) is 0 Å². The summed E-state index contributed by atoms with van der Waals surface area (Å²) in [6.07, 6.45) is 2.74. The van der Waals surface area contributed by atoms with E-state index in [0.29, 0.717) is 19.4 Å². The van der Waals surface area contributed by atoms with Crippen molar-refractivity contribution in [3.63, 3.8) is 0 Å². The first kappa shape index (κ1) is 21.0. The van der Waals surface area contributed by atoms with Gasteiger partial charge in [-0.25, -0.2) is 0 Å². The Bertz CT molecular complexity index is 711. The molecule has 0 aliphatic carbocycles. The fourth-order valence-corrected chi connectivity index (χ4v) is 2.51. The lowest BCUT2D eigenvalue weighted by atomic mass is 10.0. The van der Waals surface area contributed by atoms with Crippen molar-refractivity contribution in [2.45, 2.75) is 38.1 Å². The van der Waals surface area contributed by atoms with Gasteiger partial charge in [-0.15, -0.1) is 6.58 Å². The SMILES string of the molecule is C=CCc1cc(CCCC(=O)OCC)ccc1OS(=O)(=O)C(F)(F)F. The first-order valence-electron chi connectivity index (χ1n) is 7.49. The average molecular weight is 380 g/mol. The molecule has 0 saturated heterocycles. The van der Waals surface area contributed by atoms with Gasteiger partial charge in [0.15, 0.2) is 0 Å². The summed E-state index contributed by atoms with van der Waals surface area (Å²) in [7, 11) is -5.73. The van der Waals surface area contributed by atoms with Crippen molar-refractivity contribution >= 4 is 16.1 Å². The number of esters is 1. The van der Waals surface area contributed by atoms with E-state index in [0.717, 1.165) is 5.56 Å². The van der Waals surface area contributed by atoms with Crippen molar-refractivity contribution < 1.29 is 35.3 Å². The molecule has 5 nitrogen and oxygen atoms in total. The van der Waals surface area contributed by atoms with Gasteiger partial charge in [-0.2, -0.15) is 21.6 Å². The van der Waals surface area contributed by atoms with E-state index in [9.17, 15) is 26.4 Å². The van der Waals surface area contributed by atoms with Gasteiger partial charge in [-0.3, -0.25) is 4.79 Å². The van der Waals surface area contributed by atoms with Crippen LogP contribution in [0, 0.1) is 0 Å². The van der Waals surface area contributed by atoms with Crippen LogP contribution in [0.25, 0.3) is 0 Å². The number of halogens is 3. The standard InChI is InChI=1S/C16H19F3O5S/c1-3-6-13-11-12(7-5-8-15(20)23-4-2)9-10-14(13)24-25(21,22)16(17,18)19/h3,9-11H,1,4-8H2,2H3. The molecule has 0 saturated carbocycles. The van der Waals surface area contributed by atoms with Crippen LogP contribution in [0.4, 0.5) is 13.2 Å². The second-order valence-corrected chi connectivity index (χ2v) is 6.61. The van der Waals surface area contributed by atoms with Crippen molar-refractivity contribution in [1.29, 1.82) is 0 Å². The van der Waals surface area contributed by atoms with Gasteiger partial charge < -0.3 is 8.92 Å². The van der Waals surface area contributed by atoms with Crippen LogP contribution in [-0.4, -0.2) is 26.5 Å².